The molecule has 0 saturated carbocycles. The Balaban J connectivity index is 1.80. The van der Waals surface area contributed by atoms with Gasteiger partial charge in [-0.25, -0.2) is 0 Å². The topological polar surface area (TPSA) is 68.4 Å². The average Bonchev–Trinajstić information content (AvgIpc) is 2.87. The summed E-state index contributed by atoms with van der Waals surface area (Å²) in [6.45, 7) is 5.47. The fraction of sp³-hybridized carbons (Fsp3) is 0.389. The van der Waals surface area contributed by atoms with Crippen LogP contribution in [0.4, 0.5) is 11.4 Å². The number of anilines is 2. The Morgan fingerprint density at radius 1 is 1.26 bits per heavy atom. The van der Waals surface area contributed by atoms with E-state index in [1.54, 1.807) is 0 Å². The van der Waals surface area contributed by atoms with Crippen LogP contribution in [0.15, 0.2) is 30.3 Å². The molecule has 1 aromatic carbocycles. The number of hydrogen-bond acceptors (Lipinski definition) is 3. The highest BCUT2D eigenvalue weighted by Crippen LogP contribution is 2.29. The zero-order chi connectivity index (χ0) is 16.4. The number of nitrogens with one attached hydrogen (secondary N) is 2. The van der Waals surface area contributed by atoms with E-state index in [9.17, 15) is 9.90 Å². The van der Waals surface area contributed by atoms with Gasteiger partial charge in [0.05, 0.1) is 17.5 Å². The number of aryl methyl sites for hydroxylation is 2. The first-order valence-corrected chi connectivity index (χ1v) is 8.04. The van der Waals surface area contributed by atoms with E-state index in [1.165, 1.54) is 0 Å². The predicted octanol–water partition coefficient (Wildman–Crippen LogP) is 2.84. The minimum absolute atomic E-state index is 0.125. The smallest absolute Gasteiger partial charge is 0.272 e. The maximum atomic E-state index is 12.5. The molecule has 0 spiro atoms. The molecule has 0 unspecified atom stereocenters. The van der Waals surface area contributed by atoms with E-state index in [1.807, 2.05) is 44.2 Å². The van der Waals surface area contributed by atoms with Crippen LogP contribution in [-0.4, -0.2) is 35.2 Å². The summed E-state index contributed by atoms with van der Waals surface area (Å²) in [7, 11) is 0. The molecule has 5 heteroatoms. The summed E-state index contributed by atoms with van der Waals surface area (Å²) in [5.74, 6) is -0.125. The second-order valence-corrected chi connectivity index (χ2v) is 6.20. The molecular formula is C18H23N3O2. The minimum atomic E-state index is -0.211. The number of aromatic nitrogens is 1. The number of para-hydroxylation sites is 2. The van der Waals surface area contributed by atoms with Gasteiger partial charge in [0.25, 0.3) is 5.91 Å². The Labute approximate surface area is 136 Å². The molecule has 1 aliphatic rings. The summed E-state index contributed by atoms with van der Waals surface area (Å²) in [5.41, 5.74) is 4.34. The van der Waals surface area contributed by atoms with Crippen LogP contribution < -0.4 is 10.2 Å². The number of rotatable bonds is 3. The highest BCUT2D eigenvalue weighted by atomic mass is 16.3. The number of carbonyl (C=O) groups is 1. The fourth-order valence-electron chi connectivity index (χ4n) is 3.11. The van der Waals surface area contributed by atoms with Gasteiger partial charge >= 0.3 is 0 Å². The van der Waals surface area contributed by atoms with Crippen molar-refractivity contribution in [3.8, 4) is 0 Å². The Kier molecular flexibility index (Phi) is 4.39. The van der Waals surface area contributed by atoms with Gasteiger partial charge in [0.1, 0.15) is 5.69 Å². The molecular weight excluding hydrogens is 290 g/mol. The zero-order valence-electron chi connectivity index (χ0n) is 13.6. The lowest BCUT2D eigenvalue weighted by Gasteiger charge is -2.32. The number of hydrogen-bond donors (Lipinski definition) is 3. The maximum absolute atomic E-state index is 12.5. The van der Waals surface area contributed by atoms with Crippen molar-refractivity contribution in [3.05, 3.63) is 47.3 Å². The van der Waals surface area contributed by atoms with Crippen molar-refractivity contribution >= 4 is 17.3 Å². The van der Waals surface area contributed by atoms with E-state index in [4.69, 9.17) is 0 Å². The standard InChI is InChI=1S/C18H23N3O2/c1-12-11-13(2)19-17(12)18(23)20-15-5-3-4-6-16(15)21-9-7-14(22)8-10-21/h3-6,11,14,19,22H,7-10H2,1-2H3,(H,20,23). The summed E-state index contributed by atoms with van der Waals surface area (Å²) >= 11 is 0. The molecule has 1 saturated heterocycles. The Morgan fingerprint density at radius 3 is 2.61 bits per heavy atom. The Hall–Kier alpha value is -2.27. The van der Waals surface area contributed by atoms with Crippen LogP contribution in [0.2, 0.25) is 0 Å². The van der Waals surface area contributed by atoms with Crippen LogP contribution in [0.5, 0.6) is 0 Å². The second kappa shape index (κ2) is 6.46. The van der Waals surface area contributed by atoms with Crippen LogP contribution in [-0.2, 0) is 0 Å². The van der Waals surface area contributed by atoms with Gasteiger partial charge in [-0.1, -0.05) is 12.1 Å². The molecule has 1 aromatic heterocycles. The van der Waals surface area contributed by atoms with Crippen LogP contribution in [0, 0.1) is 13.8 Å². The summed E-state index contributed by atoms with van der Waals surface area (Å²) in [4.78, 5) is 17.9. The normalized spacial score (nSPS) is 15.7. The Morgan fingerprint density at radius 2 is 1.96 bits per heavy atom. The monoisotopic (exact) mass is 313 g/mol. The fourth-order valence-corrected chi connectivity index (χ4v) is 3.11. The first kappa shape index (κ1) is 15.6. The van der Waals surface area contributed by atoms with Gasteiger partial charge in [0, 0.05) is 18.8 Å². The lowest BCUT2D eigenvalue weighted by molar-refractivity contribution is 0.102. The van der Waals surface area contributed by atoms with Crippen molar-refractivity contribution in [2.24, 2.45) is 0 Å². The van der Waals surface area contributed by atoms with Crippen molar-refractivity contribution in [1.29, 1.82) is 0 Å². The number of nitrogens with zero attached hydrogens (tertiary/aromatic N) is 1. The first-order valence-electron chi connectivity index (χ1n) is 8.04. The van der Waals surface area contributed by atoms with Gasteiger partial charge in [-0.15, -0.1) is 0 Å². The van der Waals surface area contributed by atoms with Crippen LogP contribution >= 0.6 is 0 Å². The highest BCUT2D eigenvalue weighted by Gasteiger charge is 2.20. The molecule has 2 aromatic rings. The van der Waals surface area contributed by atoms with E-state index in [0.717, 1.165) is 48.6 Å². The van der Waals surface area contributed by atoms with Crippen LogP contribution in [0.25, 0.3) is 0 Å². The third-order valence-electron chi connectivity index (χ3n) is 4.33. The molecule has 122 valence electrons. The minimum Gasteiger partial charge on any atom is -0.393 e. The summed E-state index contributed by atoms with van der Waals surface area (Å²) < 4.78 is 0. The van der Waals surface area contributed by atoms with Gasteiger partial charge in [-0.05, 0) is 50.5 Å². The van der Waals surface area contributed by atoms with Gasteiger partial charge in [-0.3, -0.25) is 4.79 Å². The van der Waals surface area contributed by atoms with E-state index >= 15 is 0 Å². The lowest BCUT2D eigenvalue weighted by atomic mass is 10.1. The molecule has 0 bridgehead atoms. The SMILES string of the molecule is Cc1cc(C)c(C(=O)Nc2ccccc2N2CCC(O)CC2)[nH]1. The number of H-pyrrole nitrogens is 1. The molecule has 1 aliphatic heterocycles. The largest absolute Gasteiger partial charge is 0.393 e. The zero-order valence-corrected chi connectivity index (χ0v) is 13.6. The molecule has 3 rings (SSSR count). The number of aliphatic hydroxyl groups is 1. The summed E-state index contributed by atoms with van der Waals surface area (Å²) in [5, 5.41) is 12.7. The van der Waals surface area contributed by atoms with Crippen molar-refractivity contribution in [3.63, 3.8) is 0 Å². The van der Waals surface area contributed by atoms with Gasteiger partial charge < -0.3 is 20.3 Å². The molecule has 23 heavy (non-hydrogen) atoms. The quantitative estimate of drug-likeness (QED) is 0.816. The third-order valence-corrected chi connectivity index (χ3v) is 4.33. The van der Waals surface area contributed by atoms with Gasteiger partial charge in [0.15, 0.2) is 0 Å². The molecule has 0 radical (unpaired) electrons. The highest BCUT2D eigenvalue weighted by molar-refractivity contribution is 6.05. The number of aliphatic hydroxyl groups excluding tert-OH is 1. The molecule has 0 atom stereocenters. The molecule has 0 aliphatic carbocycles. The van der Waals surface area contributed by atoms with Crippen molar-refractivity contribution in [2.45, 2.75) is 32.8 Å². The Bertz CT molecular complexity index is 700. The lowest BCUT2D eigenvalue weighted by Crippen LogP contribution is -2.36. The number of benzene rings is 1. The third kappa shape index (κ3) is 3.40. The van der Waals surface area contributed by atoms with E-state index < -0.39 is 0 Å². The van der Waals surface area contributed by atoms with Crippen LogP contribution in [0.3, 0.4) is 0 Å². The van der Waals surface area contributed by atoms with Gasteiger partial charge in [-0.2, -0.15) is 0 Å². The molecule has 1 amide bonds. The van der Waals surface area contributed by atoms with Crippen molar-refractivity contribution < 1.29 is 9.90 Å². The van der Waals surface area contributed by atoms with Gasteiger partial charge in [0.2, 0.25) is 0 Å². The average molecular weight is 313 g/mol. The number of piperidine rings is 1. The molecule has 5 nitrogen and oxygen atoms in total. The molecule has 2 heterocycles. The van der Waals surface area contributed by atoms with E-state index in [0.29, 0.717) is 5.69 Å². The number of carbonyl (C=O) groups excluding carboxylic acids is 1. The number of aromatic amines is 1. The van der Waals surface area contributed by atoms with Crippen molar-refractivity contribution in [1.82, 2.24) is 4.98 Å². The van der Waals surface area contributed by atoms with E-state index in [2.05, 4.69) is 15.2 Å². The van der Waals surface area contributed by atoms with E-state index in [-0.39, 0.29) is 12.0 Å². The summed E-state index contributed by atoms with van der Waals surface area (Å²) in [6, 6.07) is 9.79. The molecule has 3 N–H and O–H groups in total. The predicted molar refractivity (Wildman–Crippen MR) is 92.1 cm³/mol. The molecule has 1 fully saturated rings. The second-order valence-electron chi connectivity index (χ2n) is 6.20. The number of amides is 1. The maximum Gasteiger partial charge on any atom is 0.272 e. The first-order chi connectivity index (χ1) is 11.0. The van der Waals surface area contributed by atoms with Crippen LogP contribution in [0.1, 0.15) is 34.6 Å². The van der Waals surface area contributed by atoms with Crippen molar-refractivity contribution in [2.75, 3.05) is 23.3 Å². The summed E-state index contributed by atoms with van der Waals surface area (Å²) in [6.07, 6.45) is 1.31.